The van der Waals surface area contributed by atoms with Gasteiger partial charge in [0.15, 0.2) is 0 Å². The zero-order valence-electron chi connectivity index (χ0n) is 20.8. The number of benzene rings is 2. The van der Waals surface area contributed by atoms with Gasteiger partial charge in [-0.25, -0.2) is 0 Å². The van der Waals surface area contributed by atoms with Gasteiger partial charge in [-0.05, 0) is 56.0 Å². The third-order valence-electron chi connectivity index (χ3n) is 6.76. The van der Waals surface area contributed by atoms with Crippen molar-refractivity contribution in [3.05, 3.63) is 53.8 Å². The van der Waals surface area contributed by atoms with Crippen LogP contribution in [0.3, 0.4) is 0 Å². The average molecular weight is 478 g/mol. The van der Waals surface area contributed by atoms with Crippen LogP contribution in [0, 0.1) is 12.8 Å². The standard InChI is InChI=1S/C28H31NO6/c1-17(14-25(30)29-12-10-20(11-13-29)28(31)34-5)22-15-23-24(19-6-8-21(32-3)9-7-19)16-35-27(23)18(2)26(22)33-4/h6-9,14-16,20H,10-13H2,1-5H3/b17-14+. The summed E-state index contributed by atoms with van der Waals surface area (Å²) in [5.74, 6) is 1.04. The summed E-state index contributed by atoms with van der Waals surface area (Å²) in [7, 11) is 4.66. The SMILES string of the molecule is COC(=O)C1CCN(C(=O)/C=C(\C)c2cc3c(-c4ccc(OC)cc4)coc3c(C)c2OC)CC1. The predicted octanol–water partition coefficient (Wildman–Crippen LogP) is 5.24. The minimum atomic E-state index is -0.204. The molecule has 2 heterocycles. The number of furan rings is 1. The third-order valence-corrected chi connectivity index (χ3v) is 6.76. The molecule has 1 saturated heterocycles. The molecule has 0 saturated carbocycles. The summed E-state index contributed by atoms with van der Waals surface area (Å²) >= 11 is 0. The Morgan fingerprint density at radius 3 is 2.34 bits per heavy atom. The van der Waals surface area contributed by atoms with Crippen molar-refractivity contribution in [3.63, 3.8) is 0 Å². The van der Waals surface area contributed by atoms with E-state index in [2.05, 4.69) is 0 Å². The van der Waals surface area contributed by atoms with Crippen molar-refractivity contribution in [2.45, 2.75) is 26.7 Å². The van der Waals surface area contributed by atoms with Gasteiger partial charge in [0.25, 0.3) is 0 Å². The van der Waals surface area contributed by atoms with Crippen LogP contribution in [-0.4, -0.2) is 51.2 Å². The number of methoxy groups -OCH3 is 3. The Balaban J connectivity index is 1.66. The Labute approximate surface area is 205 Å². The van der Waals surface area contributed by atoms with Crippen LogP contribution < -0.4 is 9.47 Å². The van der Waals surface area contributed by atoms with Crippen molar-refractivity contribution in [1.29, 1.82) is 0 Å². The maximum atomic E-state index is 13.0. The lowest BCUT2D eigenvalue weighted by Crippen LogP contribution is -2.39. The highest BCUT2D eigenvalue weighted by atomic mass is 16.5. The van der Waals surface area contributed by atoms with Crippen molar-refractivity contribution < 1.29 is 28.2 Å². The summed E-state index contributed by atoms with van der Waals surface area (Å²) in [6.45, 7) is 4.93. The maximum absolute atomic E-state index is 13.0. The molecular weight excluding hydrogens is 446 g/mol. The molecule has 184 valence electrons. The Bertz CT molecular complexity index is 1260. The van der Waals surface area contributed by atoms with Crippen LogP contribution in [0.2, 0.25) is 0 Å². The molecule has 7 heteroatoms. The van der Waals surface area contributed by atoms with E-state index in [0.717, 1.165) is 44.5 Å². The van der Waals surface area contributed by atoms with Crippen molar-refractivity contribution >= 4 is 28.4 Å². The number of hydrogen-bond donors (Lipinski definition) is 0. The number of aryl methyl sites for hydroxylation is 1. The number of nitrogens with zero attached hydrogens (tertiary/aromatic N) is 1. The van der Waals surface area contributed by atoms with E-state index in [-0.39, 0.29) is 17.8 Å². The van der Waals surface area contributed by atoms with Crippen molar-refractivity contribution in [2.24, 2.45) is 5.92 Å². The Morgan fingerprint density at radius 1 is 1.06 bits per heavy atom. The molecule has 0 bridgehead atoms. The molecule has 0 N–H and O–H groups in total. The highest BCUT2D eigenvalue weighted by molar-refractivity contribution is 6.01. The number of carbonyl (C=O) groups excluding carboxylic acids is 2. The minimum absolute atomic E-state index is 0.0757. The molecule has 0 aliphatic carbocycles. The lowest BCUT2D eigenvalue weighted by molar-refractivity contribution is -0.148. The summed E-state index contributed by atoms with van der Waals surface area (Å²) < 4.78 is 21.8. The van der Waals surface area contributed by atoms with Crippen LogP contribution >= 0.6 is 0 Å². The number of esters is 1. The highest BCUT2D eigenvalue weighted by Gasteiger charge is 2.27. The van der Waals surface area contributed by atoms with E-state index in [1.165, 1.54) is 7.11 Å². The first-order valence-corrected chi connectivity index (χ1v) is 11.7. The highest BCUT2D eigenvalue weighted by Crippen LogP contribution is 2.41. The van der Waals surface area contributed by atoms with Crippen molar-refractivity contribution in [3.8, 4) is 22.6 Å². The largest absolute Gasteiger partial charge is 0.497 e. The number of hydrogen-bond acceptors (Lipinski definition) is 6. The molecule has 1 aromatic heterocycles. The van der Waals surface area contributed by atoms with Crippen LogP contribution in [0.4, 0.5) is 0 Å². The fraction of sp³-hybridized carbons (Fsp3) is 0.357. The molecule has 1 aliphatic rings. The second kappa shape index (κ2) is 10.3. The molecule has 1 amide bonds. The van der Waals surface area contributed by atoms with Gasteiger partial charge in [-0.15, -0.1) is 0 Å². The quantitative estimate of drug-likeness (QED) is 0.357. The lowest BCUT2D eigenvalue weighted by Gasteiger charge is -2.30. The molecule has 2 aromatic carbocycles. The number of amides is 1. The van der Waals surface area contributed by atoms with Gasteiger partial charge >= 0.3 is 5.97 Å². The molecule has 0 radical (unpaired) electrons. The van der Waals surface area contributed by atoms with Crippen LogP contribution in [0.1, 0.15) is 30.9 Å². The van der Waals surface area contributed by atoms with Crippen LogP contribution in [0.15, 0.2) is 47.1 Å². The number of likely N-dealkylation sites (tertiary alicyclic amines) is 1. The molecule has 3 aromatic rings. The first-order valence-electron chi connectivity index (χ1n) is 11.7. The van der Waals surface area contributed by atoms with E-state index in [4.69, 9.17) is 18.6 Å². The molecule has 0 atom stereocenters. The van der Waals surface area contributed by atoms with Gasteiger partial charge in [0, 0.05) is 41.2 Å². The Hall–Kier alpha value is -3.74. The Kier molecular flexibility index (Phi) is 7.15. The van der Waals surface area contributed by atoms with Gasteiger partial charge in [0.05, 0.1) is 33.5 Å². The second-order valence-electron chi connectivity index (χ2n) is 8.79. The van der Waals surface area contributed by atoms with Gasteiger partial charge < -0.3 is 23.5 Å². The van der Waals surface area contributed by atoms with E-state index in [1.54, 1.807) is 31.5 Å². The zero-order chi connectivity index (χ0) is 25.1. The maximum Gasteiger partial charge on any atom is 0.308 e. The topological polar surface area (TPSA) is 78.2 Å². The molecule has 0 spiro atoms. The smallest absolute Gasteiger partial charge is 0.308 e. The van der Waals surface area contributed by atoms with Gasteiger partial charge in [0.1, 0.15) is 17.1 Å². The van der Waals surface area contributed by atoms with E-state index in [9.17, 15) is 9.59 Å². The molecule has 1 aliphatic heterocycles. The molecule has 35 heavy (non-hydrogen) atoms. The van der Waals surface area contributed by atoms with Crippen molar-refractivity contribution in [1.82, 2.24) is 4.90 Å². The van der Waals surface area contributed by atoms with Gasteiger partial charge in [-0.1, -0.05) is 12.1 Å². The first-order chi connectivity index (χ1) is 16.9. The van der Waals surface area contributed by atoms with E-state index < -0.39 is 0 Å². The summed E-state index contributed by atoms with van der Waals surface area (Å²) in [5.41, 5.74) is 5.23. The third kappa shape index (κ3) is 4.76. The van der Waals surface area contributed by atoms with E-state index >= 15 is 0 Å². The number of ether oxygens (including phenoxy) is 3. The number of allylic oxidation sites excluding steroid dienone is 1. The first kappa shape index (κ1) is 24.4. The summed E-state index contributed by atoms with van der Waals surface area (Å²) in [6, 6.07) is 9.84. The molecule has 1 fully saturated rings. The Morgan fingerprint density at radius 2 is 1.74 bits per heavy atom. The normalized spacial score (nSPS) is 14.8. The summed E-state index contributed by atoms with van der Waals surface area (Å²) in [5, 5.41) is 0.947. The fourth-order valence-corrected chi connectivity index (χ4v) is 4.72. The predicted molar refractivity (Wildman–Crippen MR) is 134 cm³/mol. The van der Waals surface area contributed by atoms with Crippen LogP contribution in [0.25, 0.3) is 27.7 Å². The minimum Gasteiger partial charge on any atom is -0.497 e. The monoisotopic (exact) mass is 477 g/mol. The molecule has 4 rings (SSSR count). The molecule has 0 unspecified atom stereocenters. The number of fused-ring (bicyclic) bond motifs is 1. The van der Waals surface area contributed by atoms with Gasteiger partial charge in [-0.3, -0.25) is 9.59 Å². The average Bonchev–Trinajstić information content (AvgIpc) is 3.32. The molecular formula is C28H31NO6. The lowest BCUT2D eigenvalue weighted by atomic mass is 9.95. The van der Waals surface area contributed by atoms with Gasteiger partial charge in [-0.2, -0.15) is 0 Å². The number of carbonyl (C=O) groups is 2. The van der Waals surface area contributed by atoms with Crippen LogP contribution in [0.5, 0.6) is 11.5 Å². The molecule has 7 nitrogen and oxygen atoms in total. The van der Waals surface area contributed by atoms with E-state index in [1.807, 2.05) is 44.2 Å². The summed E-state index contributed by atoms with van der Waals surface area (Å²) in [6.07, 6.45) is 4.62. The fourth-order valence-electron chi connectivity index (χ4n) is 4.72. The van der Waals surface area contributed by atoms with Crippen molar-refractivity contribution in [2.75, 3.05) is 34.4 Å². The summed E-state index contributed by atoms with van der Waals surface area (Å²) in [4.78, 5) is 26.6. The number of rotatable bonds is 6. The zero-order valence-corrected chi connectivity index (χ0v) is 20.8. The number of piperidine rings is 1. The van der Waals surface area contributed by atoms with E-state index in [0.29, 0.717) is 31.7 Å². The second-order valence-corrected chi connectivity index (χ2v) is 8.79. The van der Waals surface area contributed by atoms with Crippen LogP contribution in [-0.2, 0) is 14.3 Å². The van der Waals surface area contributed by atoms with Gasteiger partial charge in [0.2, 0.25) is 5.91 Å².